The number of rotatable bonds is 8. The third-order valence-electron chi connectivity index (χ3n) is 5.87. The molecule has 1 aliphatic rings. The van der Waals surface area contributed by atoms with Gasteiger partial charge in [0.1, 0.15) is 0 Å². The maximum absolute atomic E-state index is 10.9. The van der Waals surface area contributed by atoms with Crippen molar-refractivity contribution in [2.45, 2.75) is 39.7 Å². The highest BCUT2D eigenvalue weighted by Crippen LogP contribution is 2.48. The minimum absolute atomic E-state index is 0.141. The van der Waals surface area contributed by atoms with Gasteiger partial charge >= 0.3 is 5.97 Å². The van der Waals surface area contributed by atoms with Crippen molar-refractivity contribution in [3.05, 3.63) is 72.4 Å². The summed E-state index contributed by atoms with van der Waals surface area (Å²) in [5.41, 5.74) is 4.00. The molecule has 1 saturated carbocycles. The van der Waals surface area contributed by atoms with E-state index in [-0.39, 0.29) is 5.41 Å². The molecule has 0 aromatic heterocycles. The molecule has 1 aromatic carbocycles. The molecule has 3 nitrogen and oxygen atoms in total. The SMILES string of the molecule is C=C[C@]1(C)CC[C@@H](C(=C)CNCc2ccc(C(=O)O)cc2)C[C@H]1C(=C)C. The Labute approximate surface area is 157 Å². The molecule has 0 heterocycles. The highest BCUT2D eigenvalue weighted by molar-refractivity contribution is 5.87. The van der Waals surface area contributed by atoms with Crippen LogP contribution in [0.5, 0.6) is 0 Å². The van der Waals surface area contributed by atoms with E-state index in [0.717, 1.165) is 31.4 Å². The van der Waals surface area contributed by atoms with E-state index in [1.54, 1.807) is 12.1 Å². The number of hydrogen-bond acceptors (Lipinski definition) is 2. The average molecular weight is 354 g/mol. The molecule has 1 aliphatic carbocycles. The largest absolute Gasteiger partial charge is 0.478 e. The first kappa shape index (κ1) is 20.2. The van der Waals surface area contributed by atoms with Crippen LogP contribution in [0.15, 0.2) is 61.2 Å². The van der Waals surface area contributed by atoms with E-state index in [0.29, 0.717) is 23.9 Å². The number of hydrogen-bond donors (Lipinski definition) is 2. The van der Waals surface area contributed by atoms with Gasteiger partial charge in [0.05, 0.1) is 5.56 Å². The first-order valence-corrected chi connectivity index (χ1v) is 9.26. The van der Waals surface area contributed by atoms with Crippen LogP contribution >= 0.6 is 0 Å². The highest BCUT2D eigenvalue weighted by Gasteiger charge is 2.38. The van der Waals surface area contributed by atoms with Gasteiger partial charge in [-0.1, -0.05) is 49.4 Å². The number of carboxylic acid groups (broad SMARTS) is 1. The minimum Gasteiger partial charge on any atom is -0.478 e. The summed E-state index contributed by atoms with van der Waals surface area (Å²) in [7, 11) is 0. The van der Waals surface area contributed by atoms with E-state index < -0.39 is 5.97 Å². The lowest BCUT2D eigenvalue weighted by molar-refractivity contribution is 0.0697. The van der Waals surface area contributed by atoms with Crippen molar-refractivity contribution in [1.29, 1.82) is 0 Å². The summed E-state index contributed by atoms with van der Waals surface area (Å²) in [6, 6.07) is 6.99. The van der Waals surface area contributed by atoms with E-state index in [1.165, 1.54) is 11.1 Å². The normalized spacial score (nSPS) is 25.5. The Kier molecular flexibility index (Phi) is 6.60. The van der Waals surface area contributed by atoms with Crippen molar-refractivity contribution >= 4 is 5.97 Å². The summed E-state index contributed by atoms with van der Waals surface area (Å²) in [4.78, 5) is 10.9. The Balaban J connectivity index is 1.87. The molecule has 0 saturated heterocycles. The maximum atomic E-state index is 10.9. The Morgan fingerprint density at radius 3 is 2.54 bits per heavy atom. The molecular weight excluding hydrogens is 322 g/mol. The Bertz CT molecular complexity index is 689. The molecule has 1 fully saturated rings. The number of aromatic carboxylic acids is 1. The molecule has 0 amide bonds. The maximum Gasteiger partial charge on any atom is 0.335 e. The van der Waals surface area contributed by atoms with E-state index in [4.69, 9.17) is 5.11 Å². The number of benzene rings is 1. The van der Waals surface area contributed by atoms with Gasteiger partial charge in [-0.3, -0.25) is 0 Å². The summed E-state index contributed by atoms with van der Waals surface area (Å²) >= 11 is 0. The van der Waals surface area contributed by atoms with Crippen LogP contribution in [0.1, 0.15) is 49.0 Å². The first-order valence-electron chi connectivity index (χ1n) is 9.26. The molecule has 2 N–H and O–H groups in total. The van der Waals surface area contributed by atoms with Crippen LogP contribution in [0.25, 0.3) is 0 Å². The molecule has 140 valence electrons. The Hall–Kier alpha value is -2.13. The summed E-state index contributed by atoms with van der Waals surface area (Å²) in [6.07, 6.45) is 5.45. The fourth-order valence-electron chi connectivity index (χ4n) is 3.99. The van der Waals surface area contributed by atoms with Crippen molar-refractivity contribution < 1.29 is 9.90 Å². The molecule has 1 aromatic rings. The lowest BCUT2D eigenvalue weighted by Crippen LogP contribution is -2.35. The lowest BCUT2D eigenvalue weighted by atomic mass is 9.61. The van der Waals surface area contributed by atoms with Gasteiger partial charge in [0.25, 0.3) is 0 Å². The van der Waals surface area contributed by atoms with Gasteiger partial charge in [-0.2, -0.15) is 0 Å². The number of allylic oxidation sites excluding steroid dienone is 2. The molecule has 0 radical (unpaired) electrons. The summed E-state index contributed by atoms with van der Waals surface area (Å²) in [6.45, 7) is 18.5. The van der Waals surface area contributed by atoms with Gasteiger partial charge in [-0.15, -0.1) is 6.58 Å². The third-order valence-corrected chi connectivity index (χ3v) is 5.87. The van der Waals surface area contributed by atoms with E-state index in [2.05, 4.69) is 45.0 Å². The number of carbonyl (C=O) groups is 1. The summed E-state index contributed by atoms with van der Waals surface area (Å²) in [5.74, 6) is 0.0689. The van der Waals surface area contributed by atoms with Crippen LogP contribution in [-0.2, 0) is 6.54 Å². The lowest BCUT2D eigenvalue weighted by Gasteiger charge is -2.44. The van der Waals surface area contributed by atoms with Crippen LogP contribution < -0.4 is 5.32 Å². The molecule has 26 heavy (non-hydrogen) atoms. The van der Waals surface area contributed by atoms with Gasteiger partial charge < -0.3 is 10.4 Å². The van der Waals surface area contributed by atoms with Gasteiger partial charge in [0.15, 0.2) is 0 Å². The minimum atomic E-state index is -0.895. The smallest absolute Gasteiger partial charge is 0.335 e. The molecule has 0 spiro atoms. The van der Waals surface area contributed by atoms with Crippen LogP contribution in [0.3, 0.4) is 0 Å². The van der Waals surface area contributed by atoms with Crippen molar-refractivity contribution in [1.82, 2.24) is 5.32 Å². The first-order chi connectivity index (χ1) is 12.3. The average Bonchev–Trinajstić information content (AvgIpc) is 2.62. The predicted octanol–water partition coefficient (Wildman–Crippen LogP) is 5.22. The Morgan fingerprint density at radius 2 is 2.00 bits per heavy atom. The van der Waals surface area contributed by atoms with E-state index in [1.807, 2.05) is 12.1 Å². The highest BCUT2D eigenvalue weighted by atomic mass is 16.4. The second kappa shape index (κ2) is 8.50. The van der Waals surface area contributed by atoms with Crippen molar-refractivity contribution in [2.24, 2.45) is 17.3 Å². The molecule has 2 rings (SSSR count). The van der Waals surface area contributed by atoms with E-state index >= 15 is 0 Å². The zero-order valence-electron chi connectivity index (χ0n) is 16.1. The van der Waals surface area contributed by atoms with Crippen molar-refractivity contribution in [2.75, 3.05) is 6.54 Å². The molecular formula is C23H31NO2. The van der Waals surface area contributed by atoms with E-state index in [9.17, 15) is 4.79 Å². The standard InChI is InChI=1S/C23H31NO2/c1-6-23(5)12-11-20(13-21(23)16(2)3)17(4)14-24-15-18-7-9-19(10-8-18)22(25)26/h6-10,20-21,24H,1-2,4,11-15H2,3,5H3,(H,25,26)/t20-,21+,23-/m1/s1. The Morgan fingerprint density at radius 1 is 1.35 bits per heavy atom. The molecule has 0 aliphatic heterocycles. The van der Waals surface area contributed by atoms with Gasteiger partial charge in [0.2, 0.25) is 0 Å². The van der Waals surface area contributed by atoms with Crippen LogP contribution in [-0.4, -0.2) is 17.6 Å². The topological polar surface area (TPSA) is 49.3 Å². The zero-order valence-corrected chi connectivity index (χ0v) is 16.1. The van der Waals surface area contributed by atoms with Gasteiger partial charge in [0, 0.05) is 13.1 Å². The van der Waals surface area contributed by atoms with Crippen LogP contribution in [0.2, 0.25) is 0 Å². The number of carboxylic acids is 1. The fourth-order valence-corrected chi connectivity index (χ4v) is 3.99. The molecule has 0 unspecified atom stereocenters. The molecule has 0 bridgehead atoms. The van der Waals surface area contributed by atoms with Gasteiger partial charge in [-0.05, 0) is 61.1 Å². The van der Waals surface area contributed by atoms with Crippen LogP contribution in [0, 0.1) is 17.3 Å². The number of nitrogens with one attached hydrogen (secondary N) is 1. The third kappa shape index (κ3) is 4.73. The summed E-state index contributed by atoms with van der Waals surface area (Å²) < 4.78 is 0. The monoisotopic (exact) mass is 353 g/mol. The van der Waals surface area contributed by atoms with Gasteiger partial charge in [-0.25, -0.2) is 4.79 Å². The molecule has 3 atom stereocenters. The van der Waals surface area contributed by atoms with Crippen LogP contribution in [0.4, 0.5) is 0 Å². The second-order valence-corrected chi connectivity index (χ2v) is 7.84. The van der Waals surface area contributed by atoms with Crippen molar-refractivity contribution in [3.8, 4) is 0 Å². The summed E-state index contributed by atoms with van der Waals surface area (Å²) in [5, 5.41) is 12.4. The predicted molar refractivity (Wildman–Crippen MR) is 108 cm³/mol. The molecule has 3 heteroatoms. The zero-order chi connectivity index (χ0) is 19.3. The fraction of sp³-hybridized carbons (Fsp3) is 0.435. The second-order valence-electron chi connectivity index (χ2n) is 7.84. The van der Waals surface area contributed by atoms with Crippen molar-refractivity contribution in [3.63, 3.8) is 0 Å². The quantitative estimate of drug-likeness (QED) is 0.630.